The number of esters is 3. The first-order valence-electron chi connectivity index (χ1n) is 28.8. The van der Waals surface area contributed by atoms with Crippen LogP contribution >= 0.6 is 7.82 Å². The van der Waals surface area contributed by atoms with E-state index in [1.54, 1.807) is 0 Å². The van der Waals surface area contributed by atoms with Gasteiger partial charge in [0.25, 0.3) is 0 Å². The van der Waals surface area contributed by atoms with Crippen LogP contribution in [0.1, 0.15) is 226 Å². The van der Waals surface area contributed by atoms with E-state index < -0.39 is 57.8 Å². The summed E-state index contributed by atoms with van der Waals surface area (Å²) in [4.78, 5) is 48.5. The molecule has 3 atom stereocenters. The molecule has 422 valence electrons. The van der Waals surface area contributed by atoms with Gasteiger partial charge in [-0.05, 0) is 116 Å². The van der Waals surface area contributed by atoms with Crippen LogP contribution in [0.2, 0.25) is 0 Å². The summed E-state index contributed by atoms with van der Waals surface area (Å²) in [5.74, 6) is -1.53. The van der Waals surface area contributed by atoms with Crippen LogP contribution in [0.4, 0.5) is 0 Å². The number of carbonyl (C=O) groups is 3. The van der Waals surface area contributed by atoms with Gasteiger partial charge < -0.3 is 24.2 Å². The third kappa shape index (κ3) is 53.0. The van der Waals surface area contributed by atoms with E-state index in [9.17, 15) is 28.9 Å². The third-order valence-electron chi connectivity index (χ3n) is 11.6. The summed E-state index contributed by atoms with van der Waals surface area (Å²) in [7, 11) is -4.77. The normalized spacial score (nSPS) is 14.2. The van der Waals surface area contributed by atoms with Crippen molar-refractivity contribution in [2.75, 3.05) is 26.4 Å². The Balaban J connectivity index is 4.81. The lowest BCUT2D eigenvalue weighted by molar-refractivity contribution is -0.161. The van der Waals surface area contributed by atoms with Crippen LogP contribution in [0, 0.1) is 0 Å². The predicted octanol–water partition coefficient (Wildman–Crippen LogP) is 17.0. The SMILES string of the molecule is CC/C=C\C/C=C\C/C=C\C/C=C\CCCCCCC(=O)OCC(COP(=O)(O)OCC(CO)OC(=O)CCCCCCC/C=C\C/C=C\CCC)OC(=O)CCCCCCCCC/C=C\C/C=C\C/C=C\CC. The molecule has 0 aromatic carbocycles. The third-order valence-corrected chi connectivity index (χ3v) is 12.6. The van der Waals surface area contributed by atoms with Gasteiger partial charge in [-0.3, -0.25) is 23.4 Å². The van der Waals surface area contributed by atoms with Crippen molar-refractivity contribution >= 4 is 25.7 Å². The number of ether oxygens (including phenoxy) is 3. The second-order valence-electron chi connectivity index (χ2n) is 18.7. The van der Waals surface area contributed by atoms with Gasteiger partial charge in [-0.2, -0.15) is 0 Å². The molecule has 0 saturated heterocycles. The van der Waals surface area contributed by atoms with Crippen LogP contribution in [0.25, 0.3) is 0 Å². The molecule has 74 heavy (non-hydrogen) atoms. The number of aliphatic hydroxyl groups is 1. The second kappa shape index (κ2) is 55.4. The molecule has 12 heteroatoms. The zero-order chi connectivity index (χ0) is 54.1. The highest BCUT2D eigenvalue weighted by molar-refractivity contribution is 7.47. The van der Waals surface area contributed by atoms with E-state index in [2.05, 4.69) is 130 Å². The molecule has 0 rings (SSSR count). The maximum atomic E-state index is 12.9. The molecular weight excluding hydrogens is 952 g/mol. The van der Waals surface area contributed by atoms with Gasteiger partial charge in [-0.1, -0.05) is 201 Å². The highest BCUT2D eigenvalue weighted by Gasteiger charge is 2.28. The maximum Gasteiger partial charge on any atom is 0.472 e. The smallest absolute Gasteiger partial charge is 0.462 e. The van der Waals surface area contributed by atoms with E-state index >= 15 is 0 Å². The number of aliphatic hydroxyl groups excluding tert-OH is 1. The maximum absolute atomic E-state index is 12.9. The highest BCUT2D eigenvalue weighted by atomic mass is 31.2. The Labute approximate surface area is 450 Å². The first-order chi connectivity index (χ1) is 36.2. The van der Waals surface area contributed by atoms with Crippen molar-refractivity contribution < 1.29 is 52.2 Å². The van der Waals surface area contributed by atoms with E-state index in [0.29, 0.717) is 19.3 Å². The molecule has 3 unspecified atom stereocenters. The summed E-state index contributed by atoms with van der Waals surface area (Å²) >= 11 is 0. The molecule has 0 aromatic heterocycles. The van der Waals surface area contributed by atoms with Gasteiger partial charge in [0, 0.05) is 19.3 Å². The molecular formula is C62H103O11P. The summed E-state index contributed by atoms with van der Waals surface area (Å²) in [6.07, 6.45) is 66.1. The van der Waals surface area contributed by atoms with Crippen LogP contribution in [-0.2, 0) is 42.2 Å². The Bertz CT molecular complexity index is 1660. The Morgan fingerprint density at radius 1 is 0.392 bits per heavy atom. The van der Waals surface area contributed by atoms with Crippen molar-refractivity contribution in [2.45, 2.75) is 238 Å². The number of hydrogen-bond acceptors (Lipinski definition) is 10. The molecule has 0 aromatic rings. The van der Waals surface area contributed by atoms with Crippen molar-refractivity contribution in [3.63, 3.8) is 0 Å². The van der Waals surface area contributed by atoms with Crippen molar-refractivity contribution in [1.29, 1.82) is 0 Å². The van der Waals surface area contributed by atoms with Crippen molar-refractivity contribution in [3.8, 4) is 0 Å². The van der Waals surface area contributed by atoms with Gasteiger partial charge in [-0.15, -0.1) is 0 Å². The molecule has 0 aliphatic carbocycles. The molecule has 0 radical (unpaired) electrons. The summed E-state index contributed by atoms with van der Waals surface area (Å²) < 4.78 is 39.5. The fraction of sp³-hybridized carbons (Fsp3) is 0.661. The van der Waals surface area contributed by atoms with E-state index in [1.807, 2.05) is 0 Å². The Kier molecular flexibility index (Phi) is 52.5. The summed E-state index contributed by atoms with van der Waals surface area (Å²) in [5, 5.41) is 9.81. The summed E-state index contributed by atoms with van der Waals surface area (Å²) in [5.41, 5.74) is 0. The lowest BCUT2D eigenvalue weighted by Gasteiger charge is -2.21. The molecule has 2 N–H and O–H groups in total. The highest BCUT2D eigenvalue weighted by Crippen LogP contribution is 2.43. The molecule has 0 heterocycles. The molecule has 0 fully saturated rings. The van der Waals surface area contributed by atoms with Crippen molar-refractivity contribution in [3.05, 3.63) is 109 Å². The summed E-state index contributed by atoms with van der Waals surface area (Å²) in [6, 6.07) is 0. The van der Waals surface area contributed by atoms with Gasteiger partial charge in [0.15, 0.2) is 6.10 Å². The number of phosphoric acid groups is 1. The minimum atomic E-state index is -4.77. The molecule has 0 amide bonds. The number of rotatable bonds is 52. The first kappa shape index (κ1) is 70.1. The second-order valence-corrected chi connectivity index (χ2v) is 20.1. The van der Waals surface area contributed by atoms with Crippen LogP contribution in [0.15, 0.2) is 109 Å². The molecule has 0 bridgehead atoms. The number of phosphoric ester groups is 1. The van der Waals surface area contributed by atoms with Gasteiger partial charge in [0.05, 0.1) is 19.8 Å². The van der Waals surface area contributed by atoms with Crippen LogP contribution in [-0.4, -0.2) is 66.5 Å². The molecule has 11 nitrogen and oxygen atoms in total. The lowest BCUT2D eigenvalue weighted by atomic mass is 10.1. The van der Waals surface area contributed by atoms with E-state index in [-0.39, 0.29) is 25.9 Å². The Morgan fingerprint density at radius 3 is 1.08 bits per heavy atom. The predicted molar refractivity (Wildman–Crippen MR) is 307 cm³/mol. The van der Waals surface area contributed by atoms with Gasteiger partial charge in [0.2, 0.25) is 0 Å². The first-order valence-corrected chi connectivity index (χ1v) is 30.3. The topological polar surface area (TPSA) is 155 Å². The average molecular weight is 1060 g/mol. The van der Waals surface area contributed by atoms with E-state index in [4.69, 9.17) is 23.3 Å². The van der Waals surface area contributed by atoms with Gasteiger partial charge >= 0.3 is 25.7 Å². The molecule has 0 aliphatic rings. The lowest BCUT2D eigenvalue weighted by Crippen LogP contribution is -2.30. The van der Waals surface area contributed by atoms with Crippen molar-refractivity contribution in [2.24, 2.45) is 0 Å². The average Bonchev–Trinajstić information content (AvgIpc) is 3.39. The molecule has 0 spiro atoms. The minimum Gasteiger partial charge on any atom is -0.462 e. The number of hydrogen-bond donors (Lipinski definition) is 2. The fourth-order valence-electron chi connectivity index (χ4n) is 7.34. The number of carbonyl (C=O) groups excluding carboxylic acids is 3. The number of unbranched alkanes of at least 4 members (excludes halogenated alkanes) is 17. The van der Waals surface area contributed by atoms with Crippen LogP contribution < -0.4 is 0 Å². The quantitative estimate of drug-likeness (QED) is 0.0197. The van der Waals surface area contributed by atoms with E-state index in [1.165, 1.54) is 0 Å². The van der Waals surface area contributed by atoms with Crippen LogP contribution in [0.3, 0.4) is 0 Å². The standard InChI is InChI=1S/C62H103O11P/c1-4-7-10-13-16-19-22-25-27-29-31-34-36-39-42-45-48-51-60(64)69-55-59(73-62(66)53-50-47-44-41-38-35-32-30-28-26-23-20-17-14-11-8-5-2)57-71-74(67,68)70-56-58(54-63)72-61(65)52-49-46-43-40-37-33-24-21-18-15-12-9-6-3/h7-8,10-12,15-17,19-21,24-28,31,34,58-59,63H,4-6,9,13-14,18,22-23,29-30,32-33,35-57H2,1-3H3,(H,67,68)/b10-7-,11-8-,15-12-,19-16-,20-17-,24-21-,27-25-,28-26-,34-31-. The Morgan fingerprint density at radius 2 is 0.703 bits per heavy atom. The summed E-state index contributed by atoms with van der Waals surface area (Å²) in [6.45, 7) is 4.29. The van der Waals surface area contributed by atoms with Crippen LogP contribution in [0.5, 0.6) is 0 Å². The largest absolute Gasteiger partial charge is 0.472 e. The van der Waals surface area contributed by atoms with Gasteiger partial charge in [0.1, 0.15) is 12.7 Å². The minimum absolute atomic E-state index is 0.144. The fourth-order valence-corrected chi connectivity index (χ4v) is 8.12. The molecule has 0 aliphatic heterocycles. The molecule has 0 saturated carbocycles. The van der Waals surface area contributed by atoms with E-state index in [0.717, 1.165) is 167 Å². The van der Waals surface area contributed by atoms with Gasteiger partial charge in [-0.25, -0.2) is 4.57 Å². The zero-order valence-corrected chi connectivity index (χ0v) is 47.4. The number of allylic oxidation sites excluding steroid dienone is 18. The monoisotopic (exact) mass is 1050 g/mol. The Hall–Kier alpha value is -3.86. The zero-order valence-electron chi connectivity index (χ0n) is 46.5. The van der Waals surface area contributed by atoms with Crippen molar-refractivity contribution in [1.82, 2.24) is 0 Å².